The molecule has 134 valence electrons. The Labute approximate surface area is 143 Å². The first-order valence-electron chi connectivity index (χ1n) is 8.50. The lowest BCUT2D eigenvalue weighted by atomic mass is 10.2. The number of hydrogen-bond donors (Lipinski definition) is 1. The number of hydrogen-bond acceptors (Lipinski definition) is 5. The van der Waals surface area contributed by atoms with Crippen LogP contribution in [0.4, 0.5) is 5.69 Å². The zero-order valence-corrected chi connectivity index (χ0v) is 14.8. The van der Waals surface area contributed by atoms with Crippen LogP contribution in [-0.2, 0) is 9.53 Å². The number of esters is 1. The summed E-state index contributed by atoms with van der Waals surface area (Å²) < 4.78 is 10.6. The third-order valence-corrected chi connectivity index (χ3v) is 3.38. The van der Waals surface area contributed by atoms with E-state index >= 15 is 0 Å². The molecule has 2 N–H and O–H groups in total. The summed E-state index contributed by atoms with van der Waals surface area (Å²) in [7, 11) is 0. The van der Waals surface area contributed by atoms with Crippen LogP contribution >= 0.6 is 0 Å². The molecular weight excluding hydrogens is 308 g/mol. The Balaban J connectivity index is 2.72. The first kappa shape index (κ1) is 19.8. The smallest absolute Gasteiger partial charge is 0.338 e. The summed E-state index contributed by atoms with van der Waals surface area (Å²) in [5, 5.41) is 0. The van der Waals surface area contributed by atoms with E-state index in [1.807, 2.05) is 20.8 Å². The van der Waals surface area contributed by atoms with Gasteiger partial charge in [0.2, 0.25) is 0 Å². The Morgan fingerprint density at radius 3 is 2.33 bits per heavy atom. The van der Waals surface area contributed by atoms with Crippen molar-refractivity contribution in [1.82, 2.24) is 4.90 Å². The summed E-state index contributed by atoms with van der Waals surface area (Å²) in [4.78, 5) is 25.9. The summed E-state index contributed by atoms with van der Waals surface area (Å²) in [6, 6.07) is 4.69. The number of rotatable bonds is 10. The lowest BCUT2D eigenvalue weighted by Gasteiger charge is -2.21. The minimum absolute atomic E-state index is 0.0861. The fraction of sp³-hybridized carbons (Fsp3) is 0.556. The molecule has 0 fully saturated rings. The molecule has 0 aromatic heterocycles. The quantitative estimate of drug-likeness (QED) is 0.525. The molecule has 6 nitrogen and oxygen atoms in total. The van der Waals surface area contributed by atoms with Crippen LogP contribution in [0, 0.1) is 0 Å². The van der Waals surface area contributed by atoms with E-state index in [1.165, 1.54) is 6.07 Å². The van der Waals surface area contributed by atoms with Crippen molar-refractivity contribution in [1.29, 1.82) is 0 Å². The van der Waals surface area contributed by atoms with Gasteiger partial charge in [0, 0.05) is 13.1 Å². The van der Waals surface area contributed by atoms with Crippen LogP contribution in [0.2, 0.25) is 0 Å². The summed E-state index contributed by atoms with van der Waals surface area (Å²) in [6.45, 7) is 7.65. The van der Waals surface area contributed by atoms with Crippen LogP contribution in [0.5, 0.6) is 5.75 Å². The van der Waals surface area contributed by atoms with Gasteiger partial charge in [-0.1, -0.05) is 20.8 Å². The molecule has 0 saturated carbocycles. The number of anilines is 1. The lowest BCUT2D eigenvalue weighted by molar-refractivity contribution is -0.133. The van der Waals surface area contributed by atoms with E-state index in [2.05, 4.69) is 0 Å². The van der Waals surface area contributed by atoms with Crippen molar-refractivity contribution in [2.45, 2.75) is 40.0 Å². The molecule has 0 aliphatic heterocycles. The number of carbonyl (C=O) groups is 2. The number of nitrogens with two attached hydrogens (primary N) is 1. The normalized spacial score (nSPS) is 10.3. The Bertz CT molecular complexity index is 540. The van der Waals surface area contributed by atoms with Gasteiger partial charge in [0.05, 0.1) is 17.9 Å². The minimum atomic E-state index is -0.424. The Morgan fingerprint density at radius 1 is 1.08 bits per heavy atom. The van der Waals surface area contributed by atoms with Crippen LogP contribution in [0.15, 0.2) is 18.2 Å². The number of nitrogens with zero attached hydrogens (tertiary/aromatic N) is 1. The van der Waals surface area contributed by atoms with E-state index in [-0.39, 0.29) is 12.5 Å². The molecule has 0 heterocycles. The van der Waals surface area contributed by atoms with Gasteiger partial charge in [-0.15, -0.1) is 0 Å². The SMILES string of the molecule is CCCOC(=O)c1ccc(N)c(OCC(=O)N(CCC)CCC)c1. The molecule has 0 aliphatic rings. The van der Waals surface area contributed by atoms with Gasteiger partial charge in [-0.25, -0.2) is 4.79 Å². The molecule has 0 bridgehead atoms. The van der Waals surface area contributed by atoms with Crippen molar-refractivity contribution in [3.8, 4) is 5.75 Å². The lowest BCUT2D eigenvalue weighted by Crippen LogP contribution is -2.36. The molecule has 0 unspecified atom stereocenters. The largest absolute Gasteiger partial charge is 0.482 e. The second kappa shape index (κ2) is 10.5. The van der Waals surface area contributed by atoms with Crippen molar-refractivity contribution in [2.75, 3.05) is 32.0 Å². The topological polar surface area (TPSA) is 81.9 Å². The third-order valence-electron chi connectivity index (χ3n) is 3.38. The number of amides is 1. The van der Waals surface area contributed by atoms with Crippen LogP contribution in [0.25, 0.3) is 0 Å². The summed E-state index contributed by atoms with van der Waals surface area (Å²) in [6.07, 6.45) is 2.54. The van der Waals surface area contributed by atoms with Gasteiger partial charge in [0.25, 0.3) is 5.91 Å². The number of carbonyl (C=O) groups excluding carboxylic acids is 2. The molecule has 0 spiro atoms. The average molecular weight is 336 g/mol. The van der Waals surface area contributed by atoms with E-state index in [4.69, 9.17) is 15.2 Å². The fourth-order valence-corrected chi connectivity index (χ4v) is 2.20. The van der Waals surface area contributed by atoms with Crippen molar-refractivity contribution >= 4 is 17.6 Å². The first-order valence-corrected chi connectivity index (χ1v) is 8.50. The van der Waals surface area contributed by atoms with Gasteiger partial charge >= 0.3 is 5.97 Å². The van der Waals surface area contributed by atoms with Gasteiger partial charge in [-0.2, -0.15) is 0 Å². The van der Waals surface area contributed by atoms with E-state index in [9.17, 15) is 9.59 Å². The average Bonchev–Trinajstić information content (AvgIpc) is 2.58. The highest BCUT2D eigenvalue weighted by Gasteiger charge is 2.15. The van der Waals surface area contributed by atoms with Gasteiger partial charge in [-0.3, -0.25) is 4.79 Å². The zero-order valence-electron chi connectivity index (χ0n) is 14.8. The molecule has 24 heavy (non-hydrogen) atoms. The minimum Gasteiger partial charge on any atom is -0.482 e. The van der Waals surface area contributed by atoms with Crippen LogP contribution in [0.1, 0.15) is 50.4 Å². The highest BCUT2D eigenvalue weighted by atomic mass is 16.5. The van der Waals surface area contributed by atoms with Crippen LogP contribution in [-0.4, -0.2) is 43.1 Å². The molecule has 1 rings (SSSR count). The Kier molecular flexibility index (Phi) is 8.68. The van der Waals surface area contributed by atoms with Crippen LogP contribution in [0.3, 0.4) is 0 Å². The monoisotopic (exact) mass is 336 g/mol. The maximum atomic E-state index is 12.2. The second-order valence-electron chi connectivity index (χ2n) is 5.56. The second-order valence-corrected chi connectivity index (χ2v) is 5.56. The maximum Gasteiger partial charge on any atom is 0.338 e. The van der Waals surface area contributed by atoms with E-state index in [0.717, 1.165) is 19.3 Å². The molecule has 6 heteroatoms. The maximum absolute atomic E-state index is 12.2. The summed E-state index contributed by atoms with van der Waals surface area (Å²) in [5.74, 6) is -0.189. The van der Waals surface area contributed by atoms with Crippen molar-refractivity contribution in [2.24, 2.45) is 0 Å². The highest BCUT2D eigenvalue weighted by molar-refractivity contribution is 5.90. The van der Waals surface area contributed by atoms with Gasteiger partial charge < -0.3 is 20.1 Å². The van der Waals surface area contributed by atoms with Crippen molar-refractivity contribution < 1.29 is 19.1 Å². The first-order chi connectivity index (χ1) is 11.5. The number of ether oxygens (including phenoxy) is 2. The molecule has 0 aliphatic carbocycles. The molecular formula is C18H28N2O4. The van der Waals surface area contributed by atoms with Crippen LogP contribution < -0.4 is 10.5 Å². The van der Waals surface area contributed by atoms with Crippen molar-refractivity contribution in [3.63, 3.8) is 0 Å². The molecule has 0 radical (unpaired) electrons. The van der Waals surface area contributed by atoms with Crippen molar-refractivity contribution in [3.05, 3.63) is 23.8 Å². The summed E-state index contributed by atoms with van der Waals surface area (Å²) in [5.41, 5.74) is 6.61. The van der Waals surface area contributed by atoms with Gasteiger partial charge in [-0.05, 0) is 37.5 Å². The molecule has 1 amide bonds. The Hall–Kier alpha value is -2.24. The Morgan fingerprint density at radius 2 is 1.75 bits per heavy atom. The van der Waals surface area contributed by atoms with E-state index in [0.29, 0.717) is 36.7 Å². The molecule has 0 saturated heterocycles. The molecule has 0 atom stereocenters. The zero-order chi connectivity index (χ0) is 17.9. The number of nitrogen functional groups attached to an aromatic ring is 1. The van der Waals surface area contributed by atoms with Gasteiger partial charge in [0.15, 0.2) is 6.61 Å². The van der Waals surface area contributed by atoms with Gasteiger partial charge in [0.1, 0.15) is 5.75 Å². The fourth-order valence-electron chi connectivity index (χ4n) is 2.20. The molecule has 1 aromatic rings. The number of benzene rings is 1. The summed E-state index contributed by atoms with van der Waals surface area (Å²) >= 11 is 0. The van der Waals surface area contributed by atoms with E-state index < -0.39 is 5.97 Å². The predicted molar refractivity (Wildman–Crippen MR) is 94.1 cm³/mol. The predicted octanol–water partition coefficient (Wildman–Crippen LogP) is 2.86. The standard InChI is InChI=1S/C18H28N2O4/c1-4-9-20(10-5-2)17(21)13-24-16-12-14(7-8-15(16)19)18(22)23-11-6-3/h7-8,12H,4-6,9-11,13,19H2,1-3H3. The highest BCUT2D eigenvalue weighted by Crippen LogP contribution is 2.23. The molecule has 1 aromatic carbocycles. The third kappa shape index (κ3) is 6.10. The van der Waals surface area contributed by atoms with E-state index in [1.54, 1.807) is 17.0 Å².